The maximum atomic E-state index is 13.3. The van der Waals surface area contributed by atoms with E-state index in [9.17, 15) is 4.79 Å². The average molecular weight is 482 g/mol. The molecule has 1 fully saturated rings. The van der Waals surface area contributed by atoms with E-state index in [0.29, 0.717) is 29.2 Å². The van der Waals surface area contributed by atoms with Crippen molar-refractivity contribution in [1.82, 2.24) is 20.0 Å². The number of carbonyl (C=O) groups excluding carboxylic acids is 1. The molecule has 0 spiro atoms. The van der Waals surface area contributed by atoms with E-state index >= 15 is 0 Å². The molecule has 1 aliphatic rings. The van der Waals surface area contributed by atoms with Gasteiger partial charge in [0.05, 0.1) is 5.52 Å². The van der Waals surface area contributed by atoms with Crippen LogP contribution in [0.3, 0.4) is 0 Å². The summed E-state index contributed by atoms with van der Waals surface area (Å²) in [7, 11) is 6.25. The van der Waals surface area contributed by atoms with Crippen LogP contribution in [0.4, 0.5) is 5.69 Å². The molecular formula is C27H36ClN5O. The number of halogens is 1. The van der Waals surface area contributed by atoms with E-state index < -0.39 is 0 Å². The number of hydrogen-bond donors (Lipinski definition) is 1. The molecule has 0 aliphatic heterocycles. The number of hydrogen-bond acceptors (Lipinski definition) is 4. The third-order valence-electron chi connectivity index (χ3n) is 7.25. The number of aryl methyl sites for hydroxylation is 1. The second-order valence-corrected chi connectivity index (χ2v) is 10.1. The molecule has 0 bridgehead atoms. The van der Waals surface area contributed by atoms with Crippen LogP contribution in [0.25, 0.3) is 10.9 Å². The standard InChI is InChI=1S/C27H36ClN5O/c1-6-33(23-12-10-22(11-13-23)31(3)4)25-15-21(28)14-24(18(25)2)27(34)29-16-19-8-7-9-20-17-32(5)30-26(19)20/h7-9,14-15,17,22-23H,6,10-13,16H2,1-5H3,(H,29,34). The summed E-state index contributed by atoms with van der Waals surface area (Å²) in [4.78, 5) is 18.1. The summed E-state index contributed by atoms with van der Waals surface area (Å²) in [6.45, 7) is 5.53. The first-order valence-electron chi connectivity index (χ1n) is 12.2. The normalized spacial score (nSPS) is 18.4. The zero-order valence-electron chi connectivity index (χ0n) is 20.9. The van der Waals surface area contributed by atoms with E-state index in [4.69, 9.17) is 11.6 Å². The molecule has 1 amide bonds. The van der Waals surface area contributed by atoms with Gasteiger partial charge in [0.25, 0.3) is 5.91 Å². The first-order chi connectivity index (χ1) is 16.3. The van der Waals surface area contributed by atoms with Crippen molar-refractivity contribution >= 4 is 34.1 Å². The monoisotopic (exact) mass is 481 g/mol. The second kappa shape index (κ2) is 10.4. The molecule has 7 heteroatoms. The number of aromatic nitrogens is 2. The molecule has 1 saturated carbocycles. The van der Waals surface area contributed by atoms with Crippen molar-refractivity contribution in [2.45, 2.75) is 58.2 Å². The van der Waals surface area contributed by atoms with Gasteiger partial charge in [-0.25, -0.2) is 0 Å². The van der Waals surface area contributed by atoms with Crippen LogP contribution in [0.5, 0.6) is 0 Å². The summed E-state index contributed by atoms with van der Waals surface area (Å²) in [6, 6.07) is 11.0. The molecule has 182 valence electrons. The third kappa shape index (κ3) is 5.08. The Kier molecular flexibility index (Phi) is 7.48. The van der Waals surface area contributed by atoms with Gasteiger partial charge in [-0.1, -0.05) is 29.8 Å². The number of rotatable bonds is 7. The predicted molar refractivity (Wildman–Crippen MR) is 141 cm³/mol. The molecule has 6 nitrogen and oxygen atoms in total. The van der Waals surface area contributed by atoms with Crippen molar-refractivity contribution in [2.24, 2.45) is 7.05 Å². The van der Waals surface area contributed by atoms with Gasteiger partial charge in [-0.3, -0.25) is 9.48 Å². The first kappa shape index (κ1) is 24.6. The Morgan fingerprint density at radius 3 is 2.56 bits per heavy atom. The predicted octanol–water partition coefficient (Wildman–Crippen LogP) is 5.16. The molecule has 0 atom stereocenters. The van der Waals surface area contributed by atoms with Crippen LogP contribution in [0.15, 0.2) is 36.5 Å². The number of amides is 1. The van der Waals surface area contributed by atoms with E-state index in [1.54, 1.807) is 10.7 Å². The quantitative estimate of drug-likeness (QED) is 0.506. The van der Waals surface area contributed by atoms with Gasteiger partial charge in [0.1, 0.15) is 0 Å². The van der Waals surface area contributed by atoms with Gasteiger partial charge in [-0.05, 0) is 76.9 Å². The van der Waals surface area contributed by atoms with E-state index in [1.165, 1.54) is 12.8 Å². The van der Waals surface area contributed by atoms with Crippen LogP contribution < -0.4 is 10.2 Å². The largest absolute Gasteiger partial charge is 0.369 e. The molecule has 0 unspecified atom stereocenters. The highest BCUT2D eigenvalue weighted by atomic mass is 35.5. The zero-order valence-corrected chi connectivity index (χ0v) is 21.7. The van der Waals surface area contributed by atoms with Gasteiger partial charge in [0.2, 0.25) is 0 Å². The number of nitrogens with one attached hydrogen (secondary N) is 1. The van der Waals surface area contributed by atoms with Crippen LogP contribution in [-0.4, -0.2) is 53.3 Å². The van der Waals surface area contributed by atoms with E-state index in [2.05, 4.69) is 41.2 Å². The minimum atomic E-state index is -0.110. The fraction of sp³-hybridized carbons (Fsp3) is 0.481. The Morgan fingerprint density at radius 2 is 1.88 bits per heavy atom. The third-order valence-corrected chi connectivity index (χ3v) is 7.47. The molecule has 1 aliphatic carbocycles. The molecule has 1 heterocycles. The molecule has 3 aromatic rings. The Hall–Kier alpha value is -2.57. The van der Waals surface area contributed by atoms with Gasteiger partial charge in [-0.15, -0.1) is 0 Å². The van der Waals surface area contributed by atoms with Gasteiger partial charge < -0.3 is 15.1 Å². The van der Waals surface area contributed by atoms with Crippen LogP contribution >= 0.6 is 11.6 Å². The lowest BCUT2D eigenvalue weighted by Crippen LogP contribution is -2.42. The van der Waals surface area contributed by atoms with Gasteiger partial charge in [0.15, 0.2) is 0 Å². The lowest BCUT2D eigenvalue weighted by Gasteiger charge is -2.40. The lowest BCUT2D eigenvalue weighted by atomic mass is 9.89. The SMILES string of the molecule is CCN(c1cc(Cl)cc(C(=O)NCc2cccc3cn(C)nc23)c1C)C1CCC(N(C)C)CC1. The highest BCUT2D eigenvalue weighted by Crippen LogP contribution is 2.34. The van der Waals surface area contributed by atoms with Crippen molar-refractivity contribution in [1.29, 1.82) is 0 Å². The molecule has 1 aromatic heterocycles. The van der Waals surface area contributed by atoms with Crippen LogP contribution in [0.2, 0.25) is 5.02 Å². The molecule has 0 saturated heterocycles. The average Bonchev–Trinajstić information content (AvgIpc) is 3.21. The van der Waals surface area contributed by atoms with Gasteiger partial charge in [-0.2, -0.15) is 5.10 Å². The maximum Gasteiger partial charge on any atom is 0.251 e. The summed E-state index contributed by atoms with van der Waals surface area (Å²) in [5.74, 6) is -0.110. The molecular weight excluding hydrogens is 446 g/mol. The highest BCUT2D eigenvalue weighted by Gasteiger charge is 2.28. The van der Waals surface area contributed by atoms with Crippen LogP contribution in [0, 0.1) is 6.92 Å². The Morgan fingerprint density at radius 1 is 1.18 bits per heavy atom. The summed E-state index contributed by atoms with van der Waals surface area (Å²) in [6.07, 6.45) is 6.68. The van der Waals surface area contributed by atoms with Crippen molar-refractivity contribution in [3.05, 3.63) is 58.2 Å². The van der Waals surface area contributed by atoms with Gasteiger partial charge >= 0.3 is 0 Å². The summed E-state index contributed by atoms with van der Waals surface area (Å²) < 4.78 is 1.80. The van der Waals surface area contributed by atoms with E-state index in [1.807, 2.05) is 44.4 Å². The Bertz CT molecular complexity index is 1160. The highest BCUT2D eigenvalue weighted by molar-refractivity contribution is 6.31. The minimum absolute atomic E-state index is 0.110. The molecule has 34 heavy (non-hydrogen) atoms. The summed E-state index contributed by atoms with van der Waals surface area (Å²) >= 11 is 6.54. The Balaban J connectivity index is 1.53. The number of fused-ring (bicyclic) bond motifs is 1. The van der Waals surface area contributed by atoms with Crippen LogP contribution in [0.1, 0.15) is 54.1 Å². The molecule has 0 radical (unpaired) electrons. The number of nitrogens with zero attached hydrogens (tertiary/aromatic N) is 4. The fourth-order valence-corrected chi connectivity index (χ4v) is 5.56. The minimum Gasteiger partial charge on any atom is -0.369 e. The Labute approximate surface area is 207 Å². The van der Waals surface area contributed by atoms with E-state index in [0.717, 1.165) is 47.1 Å². The molecule has 2 aromatic carbocycles. The number of benzene rings is 2. The second-order valence-electron chi connectivity index (χ2n) is 9.65. The van der Waals surface area contributed by atoms with Crippen molar-refractivity contribution in [3.8, 4) is 0 Å². The molecule has 4 rings (SSSR count). The topological polar surface area (TPSA) is 53.4 Å². The van der Waals surface area contributed by atoms with E-state index in [-0.39, 0.29) is 5.91 Å². The zero-order chi connectivity index (χ0) is 24.4. The fourth-order valence-electron chi connectivity index (χ4n) is 5.35. The summed E-state index contributed by atoms with van der Waals surface area (Å²) in [5.41, 5.74) is 4.60. The van der Waals surface area contributed by atoms with Crippen molar-refractivity contribution in [2.75, 3.05) is 25.5 Å². The van der Waals surface area contributed by atoms with Crippen molar-refractivity contribution in [3.63, 3.8) is 0 Å². The van der Waals surface area contributed by atoms with Crippen LogP contribution in [-0.2, 0) is 13.6 Å². The lowest BCUT2D eigenvalue weighted by molar-refractivity contribution is 0.0950. The van der Waals surface area contributed by atoms with Gasteiger partial charge in [0, 0.05) is 60.1 Å². The summed E-state index contributed by atoms with van der Waals surface area (Å²) in [5, 5.41) is 9.31. The van der Waals surface area contributed by atoms with Crippen molar-refractivity contribution < 1.29 is 4.79 Å². The number of anilines is 1. The molecule has 1 N–H and O–H groups in total. The first-order valence-corrected chi connectivity index (χ1v) is 12.6. The number of carbonyl (C=O) groups is 1. The maximum absolute atomic E-state index is 13.3. The smallest absolute Gasteiger partial charge is 0.251 e.